The van der Waals surface area contributed by atoms with Crippen molar-refractivity contribution in [3.63, 3.8) is 0 Å². The van der Waals surface area contributed by atoms with Crippen LogP contribution < -0.4 is 5.32 Å². The molecule has 132 valence electrons. The summed E-state index contributed by atoms with van der Waals surface area (Å²) in [6, 6.07) is 12.7. The van der Waals surface area contributed by atoms with Gasteiger partial charge in [-0.05, 0) is 43.3 Å². The van der Waals surface area contributed by atoms with Crippen LogP contribution in [0.4, 0.5) is 5.69 Å². The number of carbonyl (C=O) groups is 2. The summed E-state index contributed by atoms with van der Waals surface area (Å²) in [6.07, 6.45) is 0. The molecule has 5 nitrogen and oxygen atoms in total. The third-order valence-corrected chi connectivity index (χ3v) is 4.15. The monoisotopic (exact) mass is 389 g/mol. The molecule has 2 aromatic carbocycles. The average molecular weight is 390 g/mol. The highest BCUT2D eigenvalue weighted by Crippen LogP contribution is 2.30. The van der Waals surface area contributed by atoms with Gasteiger partial charge in [0.25, 0.3) is 5.91 Å². The van der Waals surface area contributed by atoms with Crippen molar-refractivity contribution in [3.8, 4) is 11.3 Å². The molecule has 3 rings (SSSR count). The number of halogens is 2. The first-order chi connectivity index (χ1) is 12.3. The van der Waals surface area contributed by atoms with Crippen LogP contribution in [-0.4, -0.2) is 17.0 Å². The molecule has 0 aliphatic heterocycles. The molecule has 1 amide bonds. The molecular weight excluding hydrogens is 377 g/mol. The first-order valence-corrected chi connectivity index (χ1v) is 8.31. The number of benzene rings is 2. The molecule has 0 saturated carbocycles. The van der Waals surface area contributed by atoms with E-state index in [1.807, 2.05) is 0 Å². The van der Waals surface area contributed by atoms with Gasteiger partial charge in [-0.3, -0.25) is 4.79 Å². The number of aromatic carboxylic acids is 1. The molecule has 0 aliphatic rings. The van der Waals surface area contributed by atoms with Crippen LogP contribution in [0.25, 0.3) is 11.3 Å². The Bertz CT molecular complexity index is 990. The number of para-hydroxylation sites is 1. The predicted octanol–water partition coefficient (Wildman–Crippen LogP) is 5.51. The van der Waals surface area contributed by atoms with Gasteiger partial charge in [0.1, 0.15) is 11.5 Å². The molecule has 3 aromatic rings. The molecule has 0 spiro atoms. The van der Waals surface area contributed by atoms with E-state index in [4.69, 9.17) is 27.6 Å². The number of aryl methyl sites for hydroxylation is 1. The van der Waals surface area contributed by atoms with E-state index in [0.29, 0.717) is 27.1 Å². The van der Waals surface area contributed by atoms with Crippen molar-refractivity contribution in [1.29, 1.82) is 0 Å². The Kier molecular flexibility index (Phi) is 5.02. The third-order valence-electron chi connectivity index (χ3n) is 3.72. The van der Waals surface area contributed by atoms with Crippen LogP contribution in [0.1, 0.15) is 26.5 Å². The number of hydrogen-bond acceptors (Lipinski definition) is 3. The highest BCUT2D eigenvalue weighted by Gasteiger charge is 2.19. The van der Waals surface area contributed by atoms with E-state index >= 15 is 0 Å². The van der Waals surface area contributed by atoms with Crippen LogP contribution in [0.5, 0.6) is 0 Å². The van der Waals surface area contributed by atoms with Crippen molar-refractivity contribution in [1.82, 2.24) is 0 Å². The van der Waals surface area contributed by atoms with Gasteiger partial charge in [-0.15, -0.1) is 0 Å². The lowest BCUT2D eigenvalue weighted by molar-refractivity contribution is 0.0698. The van der Waals surface area contributed by atoms with Gasteiger partial charge in [-0.1, -0.05) is 35.3 Å². The second kappa shape index (κ2) is 7.23. The summed E-state index contributed by atoms with van der Waals surface area (Å²) in [5.41, 5.74) is 1.13. The molecule has 0 saturated heterocycles. The number of carboxylic acids is 1. The first kappa shape index (κ1) is 18.0. The summed E-state index contributed by atoms with van der Waals surface area (Å²) in [4.78, 5) is 23.8. The lowest BCUT2D eigenvalue weighted by atomic mass is 10.1. The summed E-state index contributed by atoms with van der Waals surface area (Å²) in [7, 11) is 0. The Morgan fingerprint density at radius 2 is 1.65 bits per heavy atom. The maximum atomic E-state index is 12.6. The fourth-order valence-electron chi connectivity index (χ4n) is 2.51. The molecule has 2 N–H and O–H groups in total. The van der Waals surface area contributed by atoms with Crippen LogP contribution in [0.3, 0.4) is 0 Å². The number of nitrogens with one attached hydrogen (secondary N) is 1. The van der Waals surface area contributed by atoms with Crippen molar-refractivity contribution in [3.05, 3.63) is 75.5 Å². The second-order valence-corrected chi connectivity index (χ2v) is 6.42. The summed E-state index contributed by atoms with van der Waals surface area (Å²) in [5, 5.41) is 12.7. The number of furan rings is 1. The van der Waals surface area contributed by atoms with Crippen molar-refractivity contribution in [2.24, 2.45) is 0 Å². The normalized spacial score (nSPS) is 10.6. The van der Waals surface area contributed by atoms with Gasteiger partial charge in [-0.25, -0.2) is 4.79 Å². The minimum Gasteiger partial charge on any atom is -0.478 e. The lowest BCUT2D eigenvalue weighted by Gasteiger charge is -2.07. The fraction of sp³-hybridized carbons (Fsp3) is 0.0526. The third kappa shape index (κ3) is 3.74. The lowest BCUT2D eigenvalue weighted by Crippen LogP contribution is -2.14. The van der Waals surface area contributed by atoms with Crippen LogP contribution >= 0.6 is 23.2 Å². The van der Waals surface area contributed by atoms with Crippen molar-refractivity contribution in [2.45, 2.75) is 6.92 Å². The smallest absolute Gasteiger partial charge is 0.337 e. The summed E-state index contributed by atoms with van der Waals surface area (Å²) >= 11 is 12.0. The van der Waals surface area contributed by atoms with Crippen molar-refractivity contribution >= 4 is 40.8 Å². The average Bonchev–Trinajstić information content (AvgIpc) is 2.96. The molecular formula is C19H13Cl2NO4. The van der Waals surface area contributed by atoms with Crippen LogP contribution in [-0.2, 0) is 0 Å². The van der Waals surface area contributed by atoms with Crippen LogP contribution in [0, 0.1) is 6.92 Å². The number of hydrogen-bond donors (Lipinski definition) is 2. The van der Waals surface area contributed by atoms with E-state index in [1.165, 1.54) is 12.1 Å². The van der Waals surface area contributed by atoms with E-state index in [2.05, 4.69) is 5.32 Å². The summed E-state index contributed by atoms with van der Waals surface area (Å²) < 4.78 is 5.65. The Labute approximate surface area is 159 Å². The zero-order chi connectivity index (χ0) is 18.8. The SMILES string of the molecule is Cc1oc(-c2cc(Cl)cc(Cl)c2)cc1C(=O)Nc1ccccc1C(=O)O. The van der Waals surface area contributed by atoms with E-state index in [0.717, 1.165) is 0 Å². The first-order valence-electron chi connectivity index (χ1n) is 7.55. The van der Waals surface area contributed by atoms with Crippen LogP contribution in [0.15, 0.2) is 52.9 Å². The number of carbonyl (C=O) groups excluding carboxylic acids is 1. The zero-order valence-corrected chi connectivity index (χ0v) is 15.1. The minimum absolute atomic E-state index is 0.00356. The van der Waals surface area contributed by atoms with Gasteiger partial charge in [0.05, 0.1) is 16.8 Å². The molecule has 26 heavy (non-hydrogen) atoms. The predicted molar refractivity (Wildman–Crippen MR) is 100 cm³/mol. The maximum Gasteiger partial charge on any atom is 0.337 e. The standard InChI is InChI=1S/C19H13Cl2NO4/c1-10-15(9-17(26-10)11-6-12(20)8-13(21)7-11)18(23)22-16-5-3-2-4-14(16)19(24)25/h2-9H,1H3,(H,22,23)(H,24,25). The van der Waals surface area contributed by atoms with Crippen molar-refractivity contribution in [2.75, 3.05) is 5.32 Å². The molecule has 7 heteroatoms. The zero-order valence-electron chi connectivity index (χ0n) is 13.5. The molecule has 0 aliphatic carbocycles. The van der Waals surface area contributed by atoms with Gasteiger partial charge >= 0.3 is 5.97 Å². The molecule has 0 bridgehead atoms. The highest BCUT2D eigenvalue weighted by molar-refractivity contribution is 6.35. The molecule has 0 atom stereocenters. The fourth-order valence-corrected chi connectivity index (χ4v) is 3.04. The van der Waals surface area contributed by atoms with E-state index in [-0.39, 0.29) is 16.8 Å². The second-order valence-electron chi connectivity index (χ2n) is 5.54. The van der Waals surface area contributed by atoms with Gasteiger partial charge in [0, 0.05) is 15.6 Å². The molecule has 0 radical (unpaired) electrons. The van der Waals surface area contributed by atoms with Gasteiger partial charge < -0.3 is 14.8 Å². The Balaban J connectivity index is 1.92. The molecule has 0 fully saturated rings. The van der Waals surface area contributed by atoms with Crippen LogP contribution in [0.2, 0.25) is 10.0 Å². The number of rotatable bonds is 4. The Morgan fingerprint density at radius 3 is 2.31 bits per heavy atom. The van der Waals surface area contributed by atoms with Gasteiger partial charge in [-0.2, -0.15) is 0 Å². The topological polar surface area (TPSA) is 79.5 Å². The largest absolute Gasteiger partial charge is 0.478 e. The molecule has 0 unspecified atom stereocenters. The highest BCUT2D eigenvalue weighted by atomic mass is 35.5. The quantitative estimate of drug-likeness (QED) is 0.616. The summed E-state index contributed by atoms with van der Waals surface area (Å²) in [6.45, 7) is 1.65. The minimum atomic E-state index is -1.13. The Hall–Kier alpha value is -2.76. The Morgan fingerprint density at radius 1 is 1.00 bits per heavy atom. The van der Waals surface area contributed by atoms with Gasteiger partial charge in [0.15, 0.2) is 0 Å². The van der Waals surface area contributed by atoms with E-state index in [1.54, 1.807) is 43.3 Å². The molecule has 1 heterocycles. The van der Waals surface area contributed by atoms with E-state index < -0.39 is 11.9 Å². The summed E-state index contributed by atoms with van der Waals surface area (Å²) in [5.74, 6) is -0.775. The van der Waals surface area contributed by atoms with Gasteiger partial charge in [0.2, 0.25) is 0 Å². The maximum absolute atomic E-state index is 12.6. The number of carboxylic acid groups (broad SMARTS) is 1. The number of anilines is 1. The van der Waals surface area contributed by atoms with E-state index in [9.17, 15) is 14.7 Å². The molecule has 1 aromatic heterocycles. The van der Waals surface area contributed by atoms with Crippen molar-refractivity contribution < 1.29 is 19.1 Å². The number of amides is 1.